The third kappa shape index (κ3) is 5.19. The number of benzene rings is 1. The van der Waals surface area contributed by atoms with Crippen molar-refractivity contribution in [2.24, 2.45) is 11.8 Å². The number of carbonyl (C=O) groups excluding carboxylic acids is 1. The Hall–Kier alpha value is -1.59. The fourth-order valence-electron chi connectivity index (χ4n) is 4.21. The van der Waals surface area contributed by atoms with Crippen molar-refractivity contribution in [1.29, 1.82) is 0 Å². The number of hydrogen-bond acceptors (Lipinski definition) is 4. The zero-order valence-corrected chi connectivity index (χ0v) is 15.7. The Morgan fingerprint density at radius 1 is 1.08 bits per heavy atom. The first kappa shape index (κ1) is 18.2. The monoisotopic (exact) mass is 344 g/mol. The van der Waals surface area contributed by atoms with Crippen LogP contribution in [0.5, 0.6) is 0 Å². The van der Waals surface area contributed by atoms with E-state index in [-0.39, 0.29) is 0 Å². The summed E-state index contributed by atoms with van der Waals surface area (Å²) in [5.41, 5.74) is 7.95. The second-order valence-corrected chi connectivity index (χ2v) is 8.04. The van der Waals surface area contributed by atoms with Gasteiger partial charge < -0.3 is 10.6 Å². The number of likely N-dealkylation sites (tertiary alicyclic amines) is 1. The SMILES string of the molecule is CC1CC(C)CN(C(=O)CN2CCN(Cc3cccc(N)c3)CC2)C1. The minimum absolute atomic E-state index is 0.308. The van der Waals surface area contributed by atoms with Crippen LogP contribution in [0.15, 0.2) is 24.3 Å². The van der Waals surface area contributed by atoms with E-state index in [0.29, 0.717) is 24.3 Å². The Morgan fingerprint density at radius 3 is 2.36 bits per heavy atom. The van der Waals surface area contributed by atoms with Gasteiger partial charge in [0.25, 0.3) is 0 Å². The molecule has 0 saturated carbocycles. The molecular weight excluding hydrogens is 312 g/mol. The van der Waals surface area contributed by atoms with E-state index in [0.717, 1.165) is 51.5 Å². The van der Waals surface area contributed by atoms with Crippen LogP contribution in [0.4, 0.5) is 5.69 Å². The number of amides is 1. The molecule has 0 aliphatic carbocycles. The van der Waals surface area contributed by atoms with Crippen LogP contribution in [0.3, 0.4) is 0 Å². The molecule has 0 spiro atoms. The highest BCUT2D eigenvalue weighted by Gasteiger charge is 2.27. The van der Waals surface area contributed by atoms with Gasteiger partial charge in [0.15, 0.2) is 0 Å². The summed E-state index contributed by atoms with van der Waals surface area (Å²) in [4.78, 5) is 19.5. The van der Waals surface area contributed by atoms with Gasteiger partial charge >= 0.3 is 0 Å². The van der Waals surface area contributed by atoms with Crippen molar-refractivity contribution in [1.82, 2.24) is 14.7 Å². The van der Waals surface area contributed by atoms with E-state index in [1.54, 1.807) is 0 Å². The molecule has 3 rings (SSSR count). The number of nitrogens with zero attached hydrogens (tertiary/aromatic N) is 3. The molecule has 2 saturated heterocycles. The lowest BCUT2D eigenvalue weighted by molar-refractivity contribution is -0.135. The summed E-state index contributed by atoms with van der Waals surface area (Å²) >= 11 is 0. The Bertz CT molecular complexity index is 573. The molecule has 5 nitrogen and oxygen atoms in total. The van der Waals surface area contributed by atoms with Gasteiger partial charge in [0, 0.05) is 51.5 Å². The largest absolute Gasteiger partial charge is 0.399 e. The molecule has 1 aromatic carbocycles. The van der Waals surface area contributed by atoms with Gasteiger partial charge in [-0.15, -0.1) is 0 Å². The average Bonchev–Trinajstić information content (AvgIpc) is 2.56. The first-order chi connectivity index (χ1) is 12.0. The fourth-order valence-corrected chi connectivity index (χ4v) is 4.21. The summed E-state index contributed by atoms with van der Waals surface area (Å²) in [5, 5.41) is 0. The molecule has 0 aromatic heterocycles. The molecule has 25 heavy (non-hydrogen) atoms. The van der Waals surface area contributed by atoms with Crippen LogP contribution in [-0.2, 0) is 11.3 Å². The van der Waals surface area contributed by atoms with Crippen LogP contribution < -0.4 is 5.73 Å². The van der Waals surface area contributed by atoms with E-state index >= 15 is 0 Å². The summed E-state index contributed by atoms with van der Waals surface area (Å²) in [5.74, 6) is 1.56. The molecule has 1 amide bonds. The van der Waals surface area contributed by atoms with Crippen molar-refractivity contribution in [3.8, 4) is 0 Å². The van der Waals surface area contributed by atoms with E-state index in [1.165, 1.54) is 12.0 Å². The molecule has 2 aliphatic rings. The van der Waals surface area contributed by atoms with Gasteiger partial charge in [-0.2, -0.15) is 0 Å². The van der Waals surface area contributed by atoms with E-state index in [1.807, 2.05) is 12.1 Å². The summed E-state index contributed by atoms with van der Waals surface area (Å²) in [6, 6.07) is 8.12. The van der Waals surface area contributed by atoms with Gasteiger partial charge in [-0.1, -0.05) is 26.0 Å². The summed E-state index contributed by atoms with van der Waals surface area (Å²) in [6.45, 7) is 11.8. The molecule has 2 N–H and O–H groups in total. The first-order valence-electron chi connectivity index (χ1n) is 9.56. The van der Waals surface area contributed by atoms with Crippen molar-refractivity contribution in [2.75, 3.05) is 51.5 Å². The van der Waals surface area contributed by atoms with E-state index in [4.69, 9.17) is 5.73 Å². The lowest BCUT2D eigenvalue weighted by Gasteiger charge is -2.38. The molecule has 1 aromatic rings. The number of piperidine rings is 1. The van der Waals surface area contributed by atoms with Crippen LogP contribution in [0.2, 0.25) is 0 Å². The molecule has 0 bridgehead atoms. The lowest BCUT2D eigenvalue weighted by Crippen LogP contribution is -2.51. The maximum atomic E-state index is 12.6. The minimum Gasteiger partial charge on any atom is -0.399 e. The molecule has 0 radical (unpaired) electrons. The highest BCUT2D eigenvalue weighted by molar-refractivity contribution is 5.78. The normalized spacial score (nSPS) is 25.9. The lowest BCUT2D eigenvalue weighted by atomic mass is 9.92. The quantitative estimate of drug-likeness (QED) is 0.848. The third-order valence-corrected chi connectivity index (χ3v) is 5.40. The standard InChI is InChI=1S/C20H32N4O/c1-16-10-17(2)13-24(12-16)20(25)15-23-8-6-22(7-9-23)14-18-4-3-5-19(21)11-18/h3-5,11,16-17H,6-10,12-15,21H2,1-2H3. The number of hydrogen-bond donors (Lipinski definition) is 1. The van der Waals surface area contributed by atoms with Gasteiger partial charge in [-0.05, 0) is 36.0 Å². The zero-order valence-electron chi connectivity index (χ0n) is 15.7. The van der Waals surface area contributed by atoms with Gasteiger partial charge in [0.2, 0.25) is 5.91 Å². The van der Waals surface area contributed by atoms with Crippen LogP contribution in [0.25, 0.3) is 0 Å². The number of anilines is 1. The molecular formula is C20H32N4O. The zero-order chi connectivity index (χ0) is 17.8. The smallest absolute Gasteiger partial charge is 0.236 e. The van der Waals surface area contributed by atoms with E-state index < -0.39 is 0 Å². The molecule has 2 atom stereocenters. The van der Waals surface area contributed by atoms with Crippen molar-refractivity contribution in [3.63, 3.8) is 0 Å². The van der Waals surface area contributed by atoms with Crippen LogP contribution in [0, 0.1) is 11.8 Å². The van der Waals surface area contributed by atoms with Crippen molar-refractivity contribution in [2.45, 2.75) is 26.8 Å². The Labute approximate surface area is 151 Å². The average molecular weight is 345 g/mol. The Kier molecular flexibility index (Phi) is 5.97. The highest BCUT2D eigenvalue weighted by Crippen LogP contribution is 2.21. The predicted molar refractivity (Wildman–Crippen MR) is 102 cm³/mol. The molecule has 5 heteroatoms. The molecule has 2 fully saturated rings. The second-order valence-electron chi connectivity index (χ2n) is 8.04. The van der Waals surface area contributed by atoms with Gasteiger partial charge in [-0.25, -0.2) is 0 Å². The summed E-state index contributed by atoms with van der Waals surface area (Å²) in [6.07, 6.45) is 1.24. The first-order valence-corrected chi connectivity index (χ1v) is 9.56. The maximum absolute atomic E-state index is 12.6. The highest BCUT2D eigenvalue weighted by atomic mass is 16.2. The molecule has 2 heterocycles. The van der Waals surface area contributed by atoms with Gasteiger partial charge in [0.1, 0.15) is 0 Å². The molecule has 2 unspecified atom stereocenters. The number of piperazine rings is 1. The van der Waals surface area contributed by atoms with E-state index in [2.05, 4.69) is 40.7 Å². The molecule has 138 valence electrons. The Balaban J connectivity index is 1.43. The van der Waals surface area contributed by atoms with Crippen molar-refractivity contribution < 1.29 is 4.79 Å². The van der Waals surface area contributed by atoms with E-state index in [9.17, 15) is 4.79 Å². The van der Waals surface area contributed by atoms with Crippen molar-refractivity contribution >= 4 is 11.6 Å². The van der Waals surface area contributed by atoms with Crippen LogP contribution >= 0.6 is 0 Å². The van der Waals surface area contributed by atoms with Crippen molar-refractivity contribution in [3.05, 3.63) is 29.8 Å². The molecule has 2 aliphatic heterocycles. The third-order valence-electron chi connectivity index (χ3n) is 5.40. The van der Waals surface area contributed by atoms with Gasteiger partial charge in [0.05, 0.1) is 6.54 Å². The summed E-state index contributed by atoms with van der Waals surface area (Å²) < 4.78 is 0. The maximum Gasteiger partial charge on any atom is 0.236 e. The minimum atomic E-state index is 0.308. The predicted octanol–water partition coefficient (Wildman–Crippen LogP) is 1.89. The number of nitrogens with two attached hydrogens (primary N) is 1. The second kappa shape index (κ2) is 8.19. The van der Waals surface area contributed by atoms with Crippen LogP contribution in [-0.4, -0.2) is 66.4 Å². The van der Waals surface area contributed by atoms with Gasteiger partial charge in [-0.3, -0.25) is 14.6 Å². The number of carbonyl (C=O) groups is 1. The topological polar surface area (TPSA) is 52.8 Å². The number of rotatable bonds is 4. The Morgan fingerprint density at radius 2 is 1.72 bits per heavy atom. The van der Waals surface area contributed by atoms with Crippen LogP contribution in [0.1, 0.15) is 25.8 Å². The number of nitrogen functional groups attached to an aromatic ring is 1. The fraction of sp³-hybridized carbons (Fsp3) is 0.650. The summed E-state index contributed by atoms with van der Waals surface area (Å²) in [7, 11) is 0.